The lowest BCUT2D eigenvalue weighted by molar-refractivity contribution is -0.0425. The molecule has 0 radical (unpaired) electrons. The molecule has 0 unspecified atom stereocenters. The maximum atomic E-state index is 12.1. The van der Waals surface area contributed by atoms with E-state index in [0.717, 1.165) is 13.0 Å². The number of carbonyl (C=O) groups excluding carboxylic acids is 1. The fourth-order valence-electron chi connectivity index (χ4n) is 1.74. The summed E-state index contributed by atoms with van der Waals surface area (Å²) in [5, 5.41) is 18.0. The van der Waals surface area contributed by atoms with Gasteiger partial charge in [0.25, 0.3) is 5.91 Å². The first-order valence-corrected chi connectivity index (χ1v) is 6.28. The van der Waals surface area contributed by atoms with Gasteiger partial charge in [-0.15, -0.1) is 0 Å². The summed E-state index contributed by atoms with van der Waals surface area (Å²) in [5.41, 5.74) is 0.934. The fourth-order valence-corrected chi connectivity index (χ4v) is 1.74. The predicted molar refractivity (Wildman–Crippen MR) is 73.8 cm³/mol. The summed E-state index contributed by atoms with van der Waals surface area (Å²) in [6.07, 6.45) is -0.579. The zero-order valence-corrected chi connectivity index (χ0v) is 11.7. The molecule has 0 spiro atoms. The molecule has 5 heteroatoms. The van der Waals surface area contributed by atoms with E-state index in [1.165, 1.54) is 0 Å². The van der Waals surface area contributed by atoms with Crippen molar-refractivity contribution in [2.45, 2.75) is 12.7 Å². The van der Waals surface area contributed by atoms with Gasteiger partial charge in [0.05, 0.1) is 0 Å². The minimum absolute atomic E-state index is 0.0577. The predicted octanol–water partition coefficient (Wildman–Crippen LogP) is 0.693. The number of aliphatic hydroxyl groups is 2. The number of hydrogen-bond donors (Lipinski definition) is 2. The van der Waals surface area contributed by atoms with Gasteiger partial charge in [0.15, 0.2) is 6.29 Å². The molecule has 0 bridgehead atoms. The van der Waals surface area contributed by atoms with Crippen LogP contribution in [-0.2, 0) is 0 Å². The summed E-state index contributed by atoms with van der Waals surface area (Å²) >= 11 is 0. The van der Waals surface area contributed by atoms with E-state index < -0.39 is 6.29 Å². The van der Waals surface area contributed by atoms with Crippen LogP contribution in [0.1, 0.15) is 28.6 Å². The lowest BCUT2D eigenvalue weighted by atomic mass is 10.1. The average Bonchev–Trinajstić information content (AvgIpc) is 2.37. The highest BCUT2D eigenvalue weighted by Crippen LogP contribution is 2.12. The largest absolute Gasteiger partial charge is 0.364 e. The second-order valence-corrected chi connectivity index (χ2v) is 4.88. The molecule has 106 valence electrons. The first-order chi connectivity index (χ1) is 8.91. The molecule has 0 heterocycles. The number of aliphatic hydroxyl groups excluding tert-OH is 1. The molecule has 0 aliphatic heterocycles. The van der Waals surface area contributed by atoms with Gasteiger partial charge in [0.1, 0.15) is 0 Å². The van der Waals surface area contributed by atoms with Crippen molar-refractivity contribution in [3.8, 4) is 0 Å². The molecule has 1 rings (SSSR count). The molecule has 0 saturated heterocycles. The number of nitrogens with zero attached hydrogens (tertiary/aromatic N) is 2. The molecular formula is C14H22N2O3. The Bertz CT molecular complexity index is 402. The van der Waals surface area contributed by atoms with Gasteiger partial charge in [0.2, 0.25) is 0 Å². The Hall–Kier alpha value is -1.43. The van der Waals surface area contributed by atoms with Crippen molar-refractivity contribution in [1.29, 1.82) is 0 Å². The van der Waals surface area contributed by atoms with Gasteiger partial charge in [-0.05, 0) is 39.2 Å². The van der Waals surface area contributed by atoms with Crippen LogP contribution < -0.4 is 0 Å². The number of rotatable bonds is 6. The summed E-state index contributed by atoms with van der Waals surface area (Å²) in [5.74, 6) is -0.0577. The molecule has 1 aromatic rings. The van der Waals surface area contributed by atoms with E-state index in [9.17, 15) is 4.79 Å². The third kappa shape index (κ3) is 4.98. The van der Waals surface area contributed by atoms with Crippen LogP contribution in [0.4, 0.5) is 0 Å². The van der Waals surface area contributed by atoms with Crippen molar-refractivity contribution in [3.63, 3.8) is 0 Å². The Morgan fingerprint density at radius 2 is 1.68 bits per heavy atom. The summed E-state index contributed by atoms with van der Waals surface area (Å²) in [6, 6.07) is 6.32. The molecular weight excluding hydrogens is 244 g/mol. The molecule has 2 N–H and O–H groups in total. The monoisotopic (exact) mass is 266 g/mol. The van der Waals surface area contributed by atoms with Crippen molar-refractivity contribution in [2.75, 3.05) is 34.2 Å². The van der Waals surface area contributed by atoms with Gasteiger partial charge < -0.3 is 20.0 Å². The summed E-state index contributed by atoms with van der Waals surface area (Å²) < 4.78 is 0. The Morgan fingerprint density at radius 3 is 2.16 bits per heavy atom. The quantitative estimate of drug-likeness (QED) is 0.744. The molecule has 0 aliphatic rings. The van der Waals surface area contributed by atoms with E-state index in [-0.39, 0.29) is 5.91 Å². The van der Waals surface area contributed by atoms with Crippen molar-refractivity contribution in [2.24, 2.45) is 0 Å². The summed E-state index contributed by atoms with van der Waals surface area (Å²) in [7, 11) is 5.77. The van der Waals surface area contributed by atoms with Crippen LogP contribution in [-0.4, -0.2) is 60.2 Å². The van der Waals surface area contributed by atoms with Crippen LogP contribution in [0, 0.1) is 0 Å². The maximum Gasteiger partial charge on any atom is 0.253 e. The highest BCUT2D eigenvalue weighted by atomic mass is 16.5. The average molecular weight is 266 g/mol. The van der Waals surface area contributed by atoms with Crippen LogP contribution in [0.25, 0.3) is 0 Å². The van der Waals surface area contributed by atoms with E-state index in [0.29, 0.717) is 17.7 Å². The second kappa shape index (κ2) is 7.23. The van der Waals surface area contributed by atoms with Crippen LogP contribution in [0.5, 0.6) is 0 Å². The summed E-state index contributed by atoms with van der Waals surface area (Å²) in [6.45, 7) is 1.63. The van der Waals surface area contributed by atoms with E-state index in [2.05, 4.69) is 4.90 Å². The van der Waals surface area contributed by atoms with Crippen molar-refractivity contribution >= 4 is 5.91 Å². The standard InChI is InChI=1S/C14H22N2O3/c1-15(2)9-4-10-16(3)13(17)11-5-7-12(8-6-11)14(18)19/h5-8,14,18-19H,4,9-10H2,1-3H3. The van der Waals surface area contributed by atoms with Gasteiger partial charge in [0, 0.05) is 24.7 Å². The maximum absolute atomic E-state index is 12.1. The molecule has 0 aliphatic carbocycles. The normalized spacial score (nSPS) is 11.1. The first-order valence-electron chi connectivity index (χ1n) is 6.28. The van der Waals surface area contributed by atoms with E-state index in [1.54, 1.807) is 36.2 Å². The molecule has 1 amide bonds. The SMILES string of the molecule is CN(C)CCCN(C)C(=O)c1ccc(C(O)O)cc1. The van der Waals surface area contributed by atoms with Crippen LogP contribution in [0.3, 0.4) is 0 Å². The fraction of sp³-hybridized carbons (Fsp3) is 0.500. The Labute approximate surface area is 114 Å². The summed E-state index contributed by atoms with van der Waals surface area (Å²) in [4.78, 5) is 15.8. The third-order valence-electron chi connectivity index (χ3n) is 2.90. The molecule has 5 nitrogen and oxygen atoms in total. The zero-order chi connectivity index (χ0) is 14.4. The van der Waals surface area contributed by atoms with Gasteiger partial charge in [-0.25, -0.2) is 0 Å². The van der Waals surface area contributed by atoms with Crippen molar-refractivity contribution in [3.05, 3.63) is 35.4 Å². The molecule has 0 saturated carbocycles. The zero-order valence-electron chi connectivity index (χ0n) is 11.7. The molecule has 0 fully saturated rings. The van der Waals surface area contributed by atoms with Crippen molar-refractivity contribution in [1.82, 2.24) is 9.80 Å². The first kappa shape index (κ1) is 15.6. The lowest BCUT2D eigenvalue weighted by Crippen LogP contribution is -2.29. The van der Waals surface area contributed by atoms with Gasteiger partial charge in [-0.3, -0.25) is 4.79 Å². The van der Waals surface area contributed by atoms with Gasteiger partial charge in [-0.2, -0.15) is 0 Å². The number of hydrogen-bond acceptors (Lipinski definition) is 4. The van der Waals surface area contributed by atoms with Crippen LogP contribution in [0.2, 0.25) is 0 Å². The van der Waals surface area contributed by atoms with Crippen LogP contribution >= 0.6 is 0 Å². The molecule has 19 heavy (non-hydrogen) atoms. The van der Waals surface area contributed by atoms with Crippen molar-refractivity contribution < 1.29 is 15.0 Å². The minimum atomic E-state index is -1.50. The molecule has 0 aromatic heterocycles. The third-order valence-corrected chi connectivity index (χ3v) is 2.90. The number of benzene rings is 1. The molecule has 1 aromatic carbocycles. The molecule has 0 atom stereocenters. The van der Waals surface area contributed by atoms with Gasteiger partial charge in [-0.1, -0.05) is 12.1 Å². The van der Waals surface area contributed by atoms with Crippen LogP contribution in [0.15, 0.2) is 24.3 Å². The minimum Gasteiger partial charge on any atom is -0.364 e. The lowest BCUT2D eigenvalue weighted by Gasteiger charge is -2.18. The second-order valence-electron chi connectivity index (χ2n) is 4.88. The Balaban J connectivity index is 2.56. The van der Waals surface area contributed by atoms with E-state index >= 15 is 0 Å². The topological polar surface area (TPSA) is 64.0 Å². The Kier molecular flexibility index (Phi) is 5.95. The van der Waals surface area contributed by atoms with E-state index in [4.69, 9.17) is 10.2 Å². The number of carbonyl (C=O) groups is 1. The highest BCUT2D eigenvalue weighted by Gasteiger charge is 2.12. The highest BCUT2D eigenvalue weighted by molar-refractivity contribution is 5.94. The Morgan fingerprint density at radius 1 is 1.11 bits per heavy atom. The number of amides is 1. The van der Waals surface area contributed by atoms with E-state index in [1.807, 2.05) is 14.1 Å². The smallest absolute Gasteiger partial charge is 0.253 e. The van der Waals surface area contributed by atoms with Gasteiger partial charge >= 0.3 is 0 Å².